The van der Waals surface area contributed by atoms with E-state index in [0.717, 1.165) is 12.2 Å². The van der Waals surface area contributed by atoms with Crippen molar-refractivity contribution >= 4 is 23.4 Å². The van der Waals surface area contributed by atoms with Crippen LogP contribution < -0.4 is 11.1 Å². The van der Waals surface area contributed by atoms with Gasteiger partial charge in [-0.15, -0.1) is 0 Å². The highest BCUT2D eigenvalue weighted by Crippen LogP contribution is 2.37. The molecule has 5 heteroatoms. The molecule has 1 aromatic heterocycles. The summed E-state index contributed by atoms with van der Waals surface area (Å²) in [5.41, 5.74) is 6.97. The van der Waals surface area contributed by atoms with Gasteiger partial charge in [-0.25, -0.2) is 0 Å². The largest absolute Gasteiger partial charge is 0.397 e. The van der Waals surface area contributed by atoms with Crippen molar-refractivity contribution < 1.29 is 4.79 Å². The highest BCUT2D eigenvalue weighted by molar-refractivity contribution is 8.00. The zero-order valence-corrected chi connectivity index (χ0v) is 12.8. The Bertz CT molecular complexity index is 441. The lowest BCUT2D eigenvalue weighted by atomic mass is 9.88. The molecule has 1 saturated carbocycles. The molecular formula is C15H23N3OS. The van der Waals surface area contributed by atoms with E-state index < -0.39 is 0 Å². The van der Waals surface area contributed by atoms with Gasteiger partial charge in [-0.05, 0) is 31.2 Å². The number of aromatic nitrogens is 1. The average Bonchev–Trinajstić information content (AvgIpc) is 2.49. The van der Waals surface area contributed by atoms with Crippen LogP contribution in [0.5, 0.6) is 0 Å². The van der Waals surface area contributed by atoms with Crippen molar-refractivity contribution in [2.45, 2.75) is 43.3 Å². The summed E-state index contributed by atoms with van der Waals surface area (Å²) >= 11 is 1.90. The number of pyridine rings is 1. The molecule has 0 saturated heterocycles. The van der Waals surface area contributed by atoms with Crippen LogP contribution in [0.3, 0.4) is 0 Å². The SMILES string of the molecule is CSC1(CNC(=O)Cc2ccc(N)cn2)CCCCC1. The number of thioether (sulfide) groups is 1. The van der Waals surface area contributed by atoms with Crippen LogP contribution in [-0.2, 0) is 11.2 Å². The molecule has 0 spiro atoms. The third kappa shape index (κ3) is 4.13. The molecule has 4 nitrogen and oxygen atoms in total. The minimum atomic E-state index is 0.0428. The number of carbonyl (C=O) groups is 1. The van der Waals surface area contributed by atoms with E-state index in [1.807, 2.05) is 11.8 Å². The fraction of sp³-hybridized carbons (Fsp3) is 0.600. The minimum absolute atomic E-state index is 0.0428. The number of nitrogen functional groups attached to an aromatic ring is 1. The van der Waals surface area contributed by atoms with Crippen LogP contribution in [0.15, 0.2) is 18.3 Å². The number of hydrogen-bond donors (Lipinski definition) is 2. The van der Waals surface area contributed by atoms with Gasteiger partial charge in [0.2, 0.25) is 5.91 Å². The molecule has 1 fully saturated rings. The summed E-state index contributed by atoms with van der Waals surface area (Å²) in [6.45, 7) is 0.766. The first-order chi connectivity index (χ1) is 9.63. The monoisotopic (exact) mass is 293 g/mol. The summed E-state index contributed by atoms with van der Waals surface area (Å²) < 4.78 is 0.239. The number of nitrogens with two attached hydrogens (primary N) is 1. The Morgan fingerprint density at radius 1 is 1.40 bits per heavy atom. The lowest BCUT2D eigenvalue weighted by molar-refractivity contribution is -0.120. The maximum Gasteiger partial charge on any atom is 0.226 e. The van der Waals surface area contributed by atoms with Crippen molar-refractivity contribution in [3.63, 3.8) is 0 Å². The van der Waals surface area contributed by atoms with E-state index in [0.29, 0.717) is 12.1 Å². The topological polar surface area (TPSA) is 68.0 Å². The first-order valence-electron chi connectivity index (χ1n) is 7.16. The fourth-order valence-corrected chi connectivity index (χ4v) is 3.59. The fourth-order valence-electron chi connectivity index (χ4n) is 2.68. The molecular weight excluding hydrogens is 270 g/mol. The van der Waals surface area contributed by atoms with Gasteiger partial charge in [0, 0.05) is 17.0 Å². The van der Waals surface area contributed by atoms with Gasteiger partial charge in [-0.3, -0.25) is 9.78 Å². The number of carbonyl (C=O) groups excluding carboxylic acids is 1. The molecule has 0 aromatic carbocycles. The second kappa shape index (κ2) is 6.97. The molecule has 0 bridgehead atoms. The van der Waals surface area contributed by atoms with Crippen LogP contribution in [0, 0.1) is 0 Å². The van der Waals surface area contributed by atoms with E-state index in [2.05, 4.69) is 16.6 Å². The molecule has 110 valence electrons. The molecule has 0 unspecified atom stereocenters. The van der Waals surface area contributed by atoms with Crippen molar-refractivity contribution in [1.82, 2.24) is 10.3 Å². The summed E-state index contributed by atoms with van der Waals surface area (Å²) in [7, 11) is 0. The Balaban J connectivity index is 1.83. The lowest BCUT2D eigenvalue weighted by Crippen LogP contribution is -2.42. The van der Waals surface area contributed by atoms with Gasteiger partial charge >= 0.3 is 0 Å². The Kier molecular flexibility index (Phi) is 5.29. The molecule has 3 N–H and O–H groups in total. The van der Waals surface area contributed by atoms with E-state index in [9.17, 15) is 4.79 Å². The number of nitrogens with one attached hydrogen (secondary N) is 1. The summed E-state index contributed by atoms with van der Waals surface area (Å²) in [6, 6.07) is 3.58. The van der Waals surface area contributed by atoms with Gasteiger partial charge < -0.3 is 11.1 Å². The maximum atomic E-state index is 12.0. The normalized spacial score (nSPS) is 17.6. The Morgan fingerprint density at radius 2 is 2.15 bits per heavy atom. The van der Waals surface area contributed by atoms with Crippen LogP contribution in [0.25, 0.3) is 0 Å². The molecule has 1 heterocycles. The van der Waals surface area contributed by atoms with Crippen LogP contribution in [0.4, 0.5) is 5.69 Å². The van der Waals surface area contributed by atoms with Gasteiger partial charge in [-0.1, -0.05) is 19.3 Å². The molecule has 1 aromatic rings. The second-order valence-electron chi connectivity index (χ2n) is 5.48. The average molecular weight is 293 g/mol. The van der Waals surface area contributed by atoms with Crippen LogP contribution in [-0.4, -0.2) is 28.4 Å². The molecule has 2 rings (SSSR count). The van der Waals surface area contributed by atoms with Gasteiger partial charge in [0.05, 0.1) is 18.3 Å². The van der Waals surface area contributed by atoms with E-state index >= 15 is 0 Å². The van der Waals surface area contributed by atoms with Crippen LogP contribution in [0.2, 0.25) is 0 Å². The third-order valence-corrected chi connectivity index (χ3v) is 5.41. The Hall–Kier alpha value is -1.23. The molecule has 1 aliphatic rings. The summed E-state index contributed by atoms with van der Waals surface area (Å²) in [5, 5.41) is 3.08. The second-order valence-corrected chi connectivity index (χ2v) is 6.76. The number of rotatable bonds is 5. The van der Waals surface area contributed by atoms with Gasteiger partial charge in [0.1, 0.15) is 0 Å². The summed E-state index contributed by atoms with van der Waals surface area (Å²) in [5.74, 6) is 0.0428. The number of nitrogens with zero attached hydrogens (tertiary/aromatic N) is 1. The van der Waals surface area contributed by atoms with Gasteiger partial charge in [0.15, 0.2) is 0 Å². The summed E-state index contributed by atoms with van der Waals surface area (Å²) in [4.78, 5) is 16.2. The smallest absolute Gasteiger partial charge is 0.226 e. The zero-order valence-electron chi connectivity index (χ0n) is 12.0. The van der Waals surface area contributed by atoms with E-state index in [1.54, 1.807) is 18.3 Å². The maximum absolute atomic E-state index is 12.0. The first kappa shape index (κ1) is 15.2. The van der Waals surface area contributed by atoms with Gasteiger partial charge in [0.25, 0.3) is 0 Å². The number of amides is 1. The van der Waals surface area contributed by atoms with E-state index in [-0.39, 0.29) is 10.7 Å². The quantitative estimate of drug-likeness (QED) is 0.874. The third-order valence-electron chi connectivity index (χ3n) is 3.99. The molecule has 0 radical (unpaired) electrons. The van der Waals surface area contributed by atoms with Crippen molar-refractivity contribution in [2.24, 2.45) is 0 Å². The number of hydrogen-bond acceptors (Lipinski definition) is 4. The minimum Gasteiger partial charge on any atom is -0.397 e. The van der Waals surface area contributed by atoms with E-state index in [4.69, 9.17) is 5.73 Å². The van der Waals surface area contributed by atoms with Crippen molar-refractivity contribution in [1.29, 1.82) is 0 Å². The highest BCUT2D eigenvalue weighted by atomic mass is 32.2. The summed E-state index contributed by atoms with van der Waals surface area (Å²) in [6.07, 6.45) is 10.3. The highest BCUT2D eigenvalue weighted by Gasteiger charge is 2.31. The van der Waals surface area contributed by atoms with Gasteiger partial charge in [-0.2, -0.15) is 11.8 Å². The molecule has 0 atom stereocenters. The molecule has 20 heavy (non-hydrogen) atoms. The molecule has 1 amide bonds. The predicted octanol–water partition coefficient (Wildman–Crippen LogP) is 2.39. The molecule has 1 aliphatic carbocycles. The Morgan fingerprint density at radius 3 is 2.75 bits per heavy atom. The van der Waals surface area contributed by atoms with Crippen LogP contribution >= 0.6 is 11.8 Å². The standard InChI is InChI=1S/C15H23N3OS/c1-20-15(7-3-2-4-8-15)11-18-14(19)9-13-6-5-12(16)10-17-13/h5-6,10H,2-4,7-9,11,16H2,1H3,(H,18,19). The number of anilines is 1. The predicted molar refractivity (Wildman–Crippen MR) is 84.7 cm³/mol. The lowest BCUT2D eigenvalue weighted by Gasteiger charge is -2.35. The van der Waals surface area contributed by atoms with Crippen LogP contribution in [0.1, 0.15) is 37.8 Å². The first-order valence-corrected chi connectivity index (χ1v) is 8.38. The Labute approximate surface area is 124 Å². The van der Waals surface area contributed by atoms with E-state index in [1.165, 1.54) is 32.1 Å². The van der Waals surface area contributed by atoms with Crippen molar-refractivity contribution in [3.8, 4) is 0 Å². The van der Waals surface area contributed by atoms with Crippen molar-refractivity contribution in [2.75, 3.05) is 18.5 Å². The zero-order chi connectivity index (χ0) is 14.4. The molecule has 0 aliphatic heterocycles. The van der Waals surface area contributed by atoms with Crippen molar-refractivity contribution in [3.05, 3.63) is 24.0 Å².